The SMILES string of the molecule is N#Cc1cnn2ccn([C@@H]3O[C@@H](COC(=O)c4ccccc4)[C@@H](OC(=O)c4ccccc4)[C@@H]3OC(=O)c3ccccc3)c12. The van der Waals surface area contributed by atoms with Crippen LogP contribution in [0.2, 0.25) is 0 Å². The maximum atomic E-state index is 13.3. The lowest BCUT2D eigenvalue weighted by Crippen LogP contribution is -2.41. The Bertz CT molecular complexity index is 1800. The van der Waals surface area contributed by atoms with Crippen LogP contribution in [0.25, 0.3) is 5.65 Å². The summed E-state index contributed by atoms with van der Waals surface area (Å²) in [6.45, 7) is -0.321. The Balaban J connectivity index is 1.38. The van der Waals surface area contributed by atoms with Gasteiger partial charge in [-0.25, -0.2) is 18.9 Å². The second-order valence-electron chi connectivity index (χ2n) is 9.65. The number of hydrogen-bond acceptors (Lipinski definition) is 9. The molecule has 0 spiro atoms. The van der Waals surface area contributed by atoms with E-state index >= 15 is 0 Å². The van der Waals surface area contributed by atoms with Crippen LogP contribution in [-0.4, -0.2) is 57.0 Å². The molecule has 0 aliphatic carbocycles. The summed E-state index contributed by atoms with van der Waals surface area (Å²) in [5.41, 5.74) is 1.49. The van der Waals surface area contributed by atoms with Gasteiger partial charge in [0.15, 0.2) is 24.1 Å². The van der Waals surface area contributed by atoms with Crippen molar-refractivity contribution in [3.8, 4) is 6.07 Å². The minimum absolute atomic E-state index is 0.249. The first kappa shape index (κ1) is 27.4. The van der Waals surface area contributed by atoms with E-state index in [0.29, 0.717) is 11.2 Å². The number of carbonyl (C=O) groups is 3. The van der Waals surface area contributed by atoms with Crippen molar-refractivity contribution in [3.05, 3.63) is 132 Å². The number of imidazole rings is 1. The van der Waals surface area contributed by atoms with Crippen molar-refractivity contribution < 1.29 is 33.3 Å². The van der Waals surface area contributed by atoms with Crippen molar-refractivity contribution in [2.24, 2.45) is 0 Å². The van der Waals surface area contributed by atoms with Crippen LogP contribution in [0.1, 0.15) is 42.9 Å². The molecule has 1 aliphatic rings. The fraction of sp³-hybridized carbons (Fsp3) is 0.156. The fourth-order valence-electron chi connectivity index (χ4n) is 4.89. The van der Waals surface area contributed by atoms with Crippen LogP contribution in [0, 0.1) is 11.3 Å². The van der Waals surface area contributed by atoms with E-state index in [1.54, 1.807) is 108 Å². The van der Waals surface area contributed by atoms with E-state index in [4.69, 9.17) is 18.9 Å². The van der Waals surface area contributed by atoms with E-state index in [1.807, 2.05) is 0 Å². The van der Waals surface area contributed by atoms with E-state index in [0.717, 1.165) is 0 Å². The molecule has 0 unspecified atom stereocenters. The molecule has 3 heterocycles. The van der Waals surface area contributed by atoms with Crippen LogP contribution in [0.15, 0.2) is 110 Å². The average molecular weight is 577 g/mol. The molecular weight excluding hydrogens is 552 g/mol. The summed E-state index contributed by atoms with van der Waals surface area (Å²) in [6, 6.07) is 27.2. The molecule has 11 heteroatoms. The van der Waals surface area contributed by atoms with Gasteiger partial charge >= 0.3 is 17.9 Å². The molecular formula is C32H24N4O7. The molecule has 214 valence electrons. The number of nitrogens with zero attached hydrogens (tertiary/aromatic N) is 4. The second kappa shape index (κ2) is 12.0. The zero-order valence-electron chi connectivity index (χ0n) is 22.6. The zero-order chi connectivity index (χ0) is 29.8. The van der Waals surface area contributed by atoms with E-state index in [1.165, 1.54) is 10.7 Å². The third-order valence-electron chi connectivity index (χ3n) is 6.96. The van der Waals surface area contributed by atoms with E-state index in [2.05, 4.69) is 11.2 Å². The van der Waals surface area contributed by atoms with Gasteiger partial charge in [0, 0.05) is 12.4 Å². The Morgan fingerprint density at radius 2 is 1.30 bits per heavy atom. The van der Waals surface area contributed by atoms with Crippen LogP contribution >= 0.6 is 0 Å². The van der Waals surface area contributed by atoms with Gasteiger partial charge in [0.1, 0.15) is 24.3 Å². The van der Waals surface area contributed by atoms with Gasteiger partial charge in [-0.3, -0.25) is 0 Å². The summed E-state index contributed by atoms with van der Waals surface area (Å²) in [6.07, 6.45) is 0.0910. The normalized spacial score (nSPS) is 19.4. The van der Waals surface area contributed by atoms with Crippen molar-refractivity contribution in [2.45, 2.75) is 24.5 Å². The Labute approximate surface area is 245 Å². The number of hydrogen-bond donors (Lipinski definition) is 0. The van der Waals surface area contributed by atoms with Crippen molar-refractivity contribution in [2.75, 3.05) is 6.61 Å². The lowest BCUT2D eigenvalue weighted by atomic mass is 10.1. The molecule has 1 aliphatic heterocycles. The van der Waals surface area contributed by atoms with Gasteiger partial charge in [0.25, 0.3) is 0 Å². The van der Waals surface area contributed by atoms with E-state index in [-0.39, 0.29) is 23.3 Å². The Morgan fingerprint density at radius 1 is 0.767 bits per heavy atom. The van der Waals surface area contributed by atoms with Crippen LogP contribution in [-0.2, 0) is 18.9 Å². The van der Waals surface area contributed by atoms with Gasteiger partial charge in [0.2, 0.25) is 0 Å². The lowest BCUT2D eigenvalue weighted by molar-refractivity contribution is -0.0604. The molecule has 2 aromatic heterocycles. The quantitative estimate of drug-likeness (QED) is 0.197. The van der Waals surface area contributed by atoms with Crippen LogP contribution < -0.4 is 0 Å². The largest absolute Gasteiger partial charge is 0.459 e. The van der Waals surface area contributed by atoms with Crippen molar-refractivity contribution in [3.63, 3.8) is 0 Å². The molecule has 0 N–H and O–H groups in total. The summed E-state index contributed by atoms with van der Waals surface area (Å²) in [7, 11) is 0. The Morgan fingerprint density at radius 3 is 1.86 bits per heavy atom. The van der Waals surface area contributed by atoms with Crippen LogP contribution in [0.3, 0.4) is 0 Å². The highest BCUT2D eigenvalue weighted by Crippen LogP contribution is 2.37. The molecule has 6 rings (SSSR count). The highest BCUT2D eigenvalue weighted by atomic mass is 16.7. The predicted octanol–water partition coefficient (Wildman–Crippen LogP) is 4.21. The maximum absolute atomic E-state index is 13.3. The number of fused-ring (bicyclic) bond motifs is 1. The molecule has 1 saturated heterocycles. The number of esters is 3. The molecule has 4 atom stereocenters. The first-order chi connectivity index (χ1) is 21.0. The third kappa shape index (κ3) is 5.59. The van der Waals surface area contributed by atoms with Gasteiger partial charge < -0.3 is 23.5 Å². The standard InChI is InChI=1S/C32H24N4O7/c33-18-24-19-34-36-17-16-35(28(24)36)29-27(43-32(39)23-14-8-3-9-15-23)26(42-31(38)22-12-6-2-7-13-22)25(41-29)20-40-30(37)21-10-4-1-5-11-21/h1-17,19,25-27,29H,20H2/t25-,26+,27-,29+/m0/s1. The molecule has 43 heavy (non-hydrogen) atoms. The highest BCUT2D eigenvalue weighted by molar-refractivity contribution is 5.91. The minimum atomic E-state index is -1.21. The van der Waals surface area contributed by atoms with Gasteiger partial charge in [0.05, 0.1) is 22.9 Å². The van der Waals surface area contributed by atoms with Gasteiger partial charge in [-0.2, -0.15) is 10.4 Å². The van der Waals surface area contributed by atoms with E-state index in [9.17, 15) is 19.6 Å². The summed E-state index contributed by atoms with van der Waals surface area (Å²) in [4.78, 5) is 39.4. The van der Waals surface area contributed by atoms with Crippen molar-refractivity contribution in [1.29, 1.82) is 5.26 Å². The van der Waals surface area contributed by atoms with Gasteiger partial charge in [-0.05, 0) is 36.4 Å². The Kier molecular flexibility index (Phi) is 7.67. The third-order valence-corrected chi connectivity index (χ3v) is 6.96. The number of nitriles is 1. The summed E-state index contributed by atoms with van der Waals surface area (Å²) in [5.74, 6) is -1.97. The monoisotopic (exact) mass is 576 g/mol. The fourth-order valence-corrected chi connectivity index (χ4v) is 4.89. The maximum Gasteiger partial charge on any atom is 0.338 e. The van der Waals surface area contributed by atoms with Crippen LogP contribution in [0.4, 0.5) is 0 Å². The molecule has 5 aromatic rings. The first-order valence-corrected chi connectivity index (χ1v) is 13.4. The topological polar surface area (TPSA) is 134 Å². The molecule has 11 nitrogen and oxygen atoms in total. The van der Waals surface area contributed by atoms with Gasteiger partial charge in [-0.1, -0.05) is 54.6 Å². The molecule has 0 saturated carbocycles. The number of aromatic nitrogens is 3. The van der Waals surface area contributed by atoms with Crippen LogP contribution in [0.5, 0.6) is 0 Å². The number of benzene rings is 3. The highest BCUT2D eigenvalue weighted by Gasteiger charge is 2.51. The van der Waals surface area contributed by atoms with E-state index < -0.39 is 42.4 Å². The second-order valence-corrected chi connectivity index (χ2v) is 9.65. The molecule has 0 amide bonds. The molecule has 0 radical (unpaired) electrons. The number of carbonyl (C=O) groups excluding carboxylic acids is 3. The summed E-state index contributed by atoms with van der Waals surface area (Å²) < 4.78 is 26.9. The molecule has 0 bridgehead atoms. The summed E-state index contributed by atoms with van der Waals surface area (Å²) >= 11 is 0. The minimum Gasteiger partial charge on any atom is -0.459 e. The molecule has 1 fully saturated rings. The number of rotatable bonds is 8. The lowest BCUT2D eigenvalue weighted by Gasteiger charge is -2.25. The van der Waals surface area contributed by atoms with Crippen molar-refractivity contribution >= 4 is 23.6 Å². The zero-order valence-corrected chi connectivity index (χ0v) is 22.6. The molecule has 3 aromatic carbocycles. The first-order valence-electron chi connectivity index (χ1n) is 13.4. The average Bonchev–Trinajstić information content (AvgIpc) is 3.75. The smallest absolute Gasteiger partial charge is 0.338 e. The summed E-state index contributed by atoms with van der Waals surface area (Å²) in [5, 5.41) is 13.9. The predicted molar refractivity (Wildman–Crippen MR) is 150 cm³/mol. The number of ether oxygens (including phenoxy) is 4. The Hall–Kier alpha value is -5.73. The van der Waals surface area contributed by atoms with Crippen molar-refractivity contribution in [1.82, 2.24) is 14.2 Å². The van der Waals surface area contributed by atoms with Gasteiger partial charge in [-0.15, -0.1) is 0 Å².